The summed E-state index contributed by atoms with van der Waals surface area (Å²) >= 11 is 0. The molecule has 1 aromatic rings. The van der Waals surface area contributed by atoms with Crippen LogP contribution in [0.2, 0.25) is 0 Å². The van der Waals surface area contributed by atoms with E-state index in [4.69, 9.17) is 5.73 Å². The molecule has 0 unspecified atom stereocenters. The van der Waals surface area contributed by atoms with Crippen LogP contribution in [-0.4, -0.2) is 37.6 Å². The smallest absolute Gasteiger partial charge is 0.126 e. The minimum Gasteiger partial charge on any atom is -0.371 e. The van der Waals surface area contributed by atoms with Crippen LogP contribution >= 0.6 is 0 Å². The molecular formula is C17H28FN3. The Morgan fingerprint density at radius 3 is 2.52 bits per heavy atom. The summed E-state index contributed by atoms with van der Waals surface area (Å²) in [7, 11) is 2.12. The second-order valence-electron chi connectivity index (χ2n) is 6.23. The van der Waals surface area contributed by atoms with E-state index < -0.39 is 0 Å². The summed E-state index contributed by atoms with van der Waals surface area (Å²) in [5.74, 6) is -0.166. The zero-order chi connectivity index (χ0) is 15.6. The summed E-state index contributed by atoms with van der Waals surface area (Å²) in [6.45, 7) is 9.34. The maximum atomic E-state index is 13.8. The fourth-order valence-electron chi connectivity index (χ4n) is 3.17. The molecule has 1 aromatic carbocycles. The number of nitrogens with zero attached hydrogens (tertiary/aromatic N) is 2. The Morgan fingerprint density at radius 1 is 1.38 bits per heavy atom. The van der Waals surface area contributed by atoms with Gasteiger partial charge in [0.05, 0.1) is 0 Å². The molecule has 21 heavy (non-hydrogen) atoms. The average Bonchev–Trinajstić information content (AvgIpc) is 2.48. The van der Waals surface area contributed by atoms with E-state index >= 15 is 0 Å². The molecule has 3 nitrogen and oxygen atoms in total. The van der Waals surface area contributed by atoms with Crippen LogP contribution in [0.15, 0.2) is 12.1 Å². The first-order valence-electron chi connectivity index (χ1n) is 7.94. The lowest BCUT2D eigenvalue weighted by atomic mass is 9.98. The Morgan fingerprint density at radius 2 is 2.00 bits per heavy atom. The first kappa shape index (κ1) is 16.2. The van der Waals surface area contributed by atoms with Crippen LogP contribution in [0.5, 0.6) is 0 Å². The van der Waals surface area contributed by atoms with Gasteiger partial charge < -0.3 is 15.5 Å². The predicted molar refractivity (Wildman–Crippen MR) is 87.3 cm³/mol. The van der Waals surface area contributed by atoms with Gasteiger partial charge in [-0.2, -0.15) is 0 Å². The largest absolute Gasteiger partial charge is 0.371 e. The molecule has 0 aliphatic carbocycles. The highest BCUT2D eigenvalue weighted by molar-refractivity contribution is 5.57. The zero-order valence-corrected chi connectivity index (χ0v) is 13.7. The lowest BCUT2D eigenvalue weighted by molar-refractivity contribution is 0.220. The predicted octanol–water partition coefficient (Wildman–Crippen LogP) is 3.07. The summed E-state index contributed by atoms with van der Waals surface area (Å²) in [6, 6.07) is 3.90. The van der Waals surface area contributed by atoms with Gasteiger partial charge in [-0.05, 0) is 56.5 Å². The number of anilines is 1. The summed E-state index contributed by atoms with van der Waals surface area (Å²) in [4.78, 5) is 4.78. The molecule has 2 N–H and O–H groups in total. The first-order chi connectivity index (χ1) is 9.93. The van der Waals surface area contributed by atoms with Crippen molar-refractivity contribution >= 4 is 5.69 Å². The molecule has 0 radical (unpaired) electrons. The Kier molecular flexibility index (Phi) is 5.22. The summed E-state index contributed by atoms with van der Waals surface area (Å²) < 4.78 is 13.8. The molecular weight excluding hydrogens is 265 g/mol. The van der Waals surface area contributed by atoms with Crippen molar-refractivity contribution in [1.29, 1.82) is 0 Å². The molecule has 1 aliphatic heterocycles. The van der Waals surface area contributed by atoms with Gasteiger partial charge in [0.2, 0.25) is 0 Å². The number of piperidine rings is 1. The Hall–Kier alpha value is -1.13. The molecule has 1 aliphatic rings. The number of rotatable bonds is 4. The summed E-state index contributed by atoms with van der Waals surface area (Å²) in [6.07, 6.45) is 2.30. The molecule has 0 amide bonds. The monoisotopic (exact) mass is 293 g/mol. The Balaban J connectivity index is 2.22. The van der Waals surface area contributed by atoms with E-state index in [1.54, 1.807) is 6.07 Å². The number of hydrogen-bond donors (Lipinski definition) is 1. The topological polar surface area (TPSA) is 32.5 Å². The second kappa shape index (κ2) is 6.75. The first-order valence-corrected chi connectivity index (χ1v) is 7.94. The summed E-state index contributed by atoms with van der Waals surface area (Å²) in [5.41, 5.74) is 8.71. The third-order valence-electron chi connectivity index (χ3n) is 4.73. The van der Waals surface area contributed by atoms with Crippen LogP contribution in [0.1, 0.15) is 43.9 Å². The standard InChI is InChI=1S/C17H28FN3/c1-5-21-8-6-14(7-9-21)20(4)17-10-12(2)16(18)11-15(17)13(3)19/h10-11,13-14H,5-9,19H2,1-4H3/t13-/m0/s1. The van der Waals surface area contributed by atoms with E-state index in [2.05, 4.69) is 23.8 Å². The molecule has 0 aromatic heterocycles. The van der Waals surface area contributed by atoms with Crippen LogP contribution in [0, 0.1) is 12.7 Å². The van der Waals surface area contributed by atoms with E-state index in [0.29, 0.717) is 11.6 Å². The van der Waals surface area contributed by atoms with Gasteiger partial charge in [0.1, 0.15) is 5.82 Å². The summed E-state index contributed by atoms with van der Waals surface area (Å²) in [5, 5.41) is 0. The molecule has 0 bridgehead atoms. The van der Waals surface area contributed by atoms with Crippen molar-refractivity contribution < 1.29 is 4.39 Å². The third-order valence-corrected chi connectivity index (χ3v) is 4.73. The normalized spacial score (nSPS) is 18.8. The number of nitrogens with two attached hydrogens (primary N) is 1. The van der Waals surface area contributed by atoms with E-state index in [1.807, 2.05) is 19.9 Å². The third kappa shape index (κ3) is 3.55. The van der Waals surface area contributed by atoms with Crippen LogP contribution in [0.3, 0.4) is 0 Å². The van der Waals surface area contributed by atoms with Crippen molar-refractivity contribution in [1.82, 2.24) is 4.90 Å². The molecule has 0 saturated carbocycles. The number of aryl methyl sites for hydroxylation is 1. The van der Waals surface area contributed by atoms with Crippen molar-refractivity contribution in [2.45, 2.75) is 45.7 Å². The van der Waals surface area contributed by atoms with E-state index in [9.17, 15) is 4.39 Å². The highest BCUT2D eigenvalue weighted by Crippen LogP contribution is 2.31. The molecule has 1 saturated heterocycles. The van der Waals surface area contributed by atoms with Crippen molar-refractivity contribution in [3.63, 3.8) is 0 Å². The van der Waals surface area contributed by atoms with Crippen LogP contribution in [-0.2, 0) is 0 Å². The zero-order valence-electron chi connectivity index (χ0n) is 13.7. The maximum absolute atomic E-state index is 13.8. The number of likely N-dealkylation sites (tertiary alicyclic amines) is 1. The van der Waals surface area contributed by atoms with Gasteiger partial charge in [-0.3, -0.25) is 0 Å². The van der Waals surface area contributed by atoms with Gasteiger partial charge in [0.25, 0.3) is 0 Å². The SMILES string of the molecule is CCN1CCC(N(C)c2cc(C)c(F)cc2[C@H](C)N)CC1. The van der Waals surface area contributed by atoms with E-state index in [1.165, 1.54) is 0 Å². The molecule has 118 valence electrons. The van der Waals surface area contributed by atoms with Crippen molar-refractivity contribution in [3.05, 3.63) is 29.1 Å². The number of benzene rings is 1. The maximum Gasteiger partial charge on any atom is 0.126 e. The van der Waals surface area contributed by atoms with Crippen molar-refractivity contribution in [2.75, 3.05) is 31.6 Å². The van der Waals surface area contributed by atoms with E-state index in [0.717, 1.165) is 43.7 Å². The molecule has 1 heterocycles. The van der Waals surface area contributed by atoms with Crippen LogP contribution in [0.4, 0.5) is 10.1 Å². The highest BCUT2D eigenvalue weighted by Gasteiger charge is 2.24. The molecule has 1 atom stereocenters. The van der Waals surface area contributed by atoms with Crippen molar-refractivity contribution in [2.24, 2.45) is 5.73 Å². The minimum absolute atomic E-state index is 0.159. The molecule has 2 rings (SSSR count). The lowest BCUT2D eigenvalue weighted by Crippen LogP contribution is -2.43. The van der Waals surface area contributed by atoms with Gasteiger partial charge in [0, 0.05) is 37.9 Å². The highest BCUT2D eigenvalue weighted by atomic mass is 19.1. The fourth-order valence-corrected chi connectivity index (χ4v) is 3.17. The van der Waals surface area contributed by atoms with Gasteiger partial charge >= 0.3 is 0 Å². The average molecular weight is 293 g/mol. The van der Waals surface area contributed by atoms with Crippen LogP contribution < -0.4 is 10.6 Å². The Bertz CT molecular complexity index is 479. The van der Waals surface area contributed by atoms with Crippen molar-refractivity contribution in [3.8, 4) is 0 Å². The lowest BCUT2D eigenvalue weighted by Gasteiger charge is -2.38. The van der Waals surface area contributed by atoms with Gasteiger partial charge in [-0.15, -0.1) is 0 Å². The van der Waals surface area contributed by atoms with Crippen LogP contribution in [0.25, 0.3) is 0 Å². The fraction of sp³-hybridized carbons (Fsp3) is 0.647. The van der Waals surface area contributed by atoms with Gasteiger partial charge in [0.15, 0.2) is 0 Å². The van der Waals surface area contributed by atoms with Gasteiger partial charge in [-0.1, -0.05) is 6.92 Å². The number of hydrogen-bond acceptors (Lipinski definition) is 3. The molecule has 4 heteroatoms. The Labute approximate surface area is 127 Å². The quantitative estimate of drug-likeness (QED) is 0.926. The minimum atomic E-state index is -0.166. The van der Waals surface area contributed by atoms with Gasteiger partial charge in [-0.25, -0.2) is 4.39 Å². The number of halogens is 1. The molecule has 0 spiro atoms. The second-order valence-corrected chi connectivity index (χ2v) is 6.23. The molecule has 1 fully saturated rings. The van der Waals surface area contributed by atoms with E-state index in [-0.39, 0.29) is 11.9 Å².